The summed E-state index contributed by atoms with van der Waals surface area (Å²) in [7, 11) is 0. The van der Waals surface area contributed by atoms with E-state index >= 15 is 0 Å². The van der Waals surface area contributed by atoms with Crippen molar-refractivity contribution in [2.24, 2.45) is 0 Å². The van der Waals surface area contributed by atoms with Crippen LogP contribution in [0, 0.1) is 0 Å². The summed E-state index contributed by atoms with van der Waals surface area (Å²) in [4.78, 5) is 0. The fourth-order valence-electron chi connectivity index (χ4n) is 6.98. The molecule has 0 aromatic heterocycles. The van der Waals surface area contributed by atoms with Crippen molar-refractivity contribution in [3.8, 4) is 33.4 Å². The summed E-state index contributed by atoms with van der Waals surface area (Å²) in [5.41, 5.74) is 10.6. The van der Waals surface area contributed by atoms with E-state index in [1.54, 1.807) is 0 Å². The van der Waals surface area contributed by atoms with E-state index in [9.17, 15) is 0 Å². The first kappa shape index (κ1) is 25.5. The molecule has 2 aliphatic rings. The molecule has 0 unspecified atom stereocenters. The van der Waals surface area contributed by atoms with Crippen LogP contribution in [0.2, 0.25) is 0 Å². The average Bonchev–Trinajstić information content (AvgIpc) is 3.03. The minimum atomic E-state index is -0.105. The molecule has 0 radical (unpaired) electrons. The van der Waals surface area contributed by atoms with E-state index in [2.05, 4.69) is 135 Å². The van der Waals surface area contributed by atoms with Crippen molar-refractivity contribution in [3.63, 3.8) is 0 Å². The maximum absolute atomic E-state index is 2.44. The van der Waals surface area contributed by atoms with Crippen LogP contribution >= 0.6 is 0 Å². The molecule has 0 nitrogen and oxygen atoms in total. The molecule has 0 saturated heterocycles. The molecule has 2 aliphatic carbocycles. The lowest BCUT2D eigenvalue weighted by Gasteiger charge is -2.36. The van der Waals surface area contributed by atoms with Crippen molar-refractivity contribution in [1.29, 1.82) is 0 Å². The van der Waals surface area contributed by atoms with Crippen molar-refractivity contribution in [2.75, 3.05) is 0 Å². The molecule has 0 bridgehead atoms. The second-order valence-corrected chi connectivity index (χ2v) is 11.7. The van der Waals surface area contributed by atoms with Gasteiger partial charge in [-0.2, -0.15) is 0 Å². The van der Waals surface area contributed by atoms with Crippen LogP contribution in [0.1, 0.15) is 51.7 Å². The molecule has 0 heteroatoms. The fraction of sp³-hybridized carbons (Fsp3) is 0.171. The molecule has 8 rings (SSSR count). The zero-order valence-corrected chi connectivity index (χ0v) is 24.5. The Morgan fingerprint density at radius 3 is 2.02 bits per heavy atom. The summed E-state index contributed by atoms with van der Waals surface area (Å²) < 4.78 is 0. The Bertz CT molecular complexity index is 2090. The van der Waals surface area contributed by atoms with Gasteiger partial charge < -0.3 is 0 Å². The second-order valence-electron chi connectivity index (χ2n) is 11.7. The highest BCUT2D eigenvalue weighted by atomic mass is 14.4. The molecule has 0 atom stereocenters. The molecule has 41 heavy (non-hydrogen) atoms. The van der Waals surface area contributed by atoms with Crippen LogP contribution in [0.25, 0.3) is 67.1 Å². The van der Waals surface area contributed by atoms with Gasteiger partial charge in [0.2, 0.25) is 0 Å². The highest BCUT2D eigenvalue weighted by Crippen LogP contribution is 2.51. The van der Waals surface area contributed by atoms with Gasteiger partial charge in [-0.15, -0.1) is 0 Å². The van der Waals surface area contributed by atoms with Gasteiger partial charge in [0.15, 0.2) is 0 Å². The summed E-state index contributed by atoms with van der Waals surface area (Å²) in [6.07, 6.45) is 7.02. The third-order valence-corrected chi connectivity index (χ3v) is 9.07. The van der Waals surface area contributed by atoms with Gasteiger partial charge in [-0.05, 0) is 108 Å². The zero-order valence-electron chi connectivity index (χ0n) is 24.5. The van der Waals surface area contributed by atoms with Gasteiger partial charge in [0, 0.05) is 5.41 Å². The third-order valence-electron chi connectivity index (χ3n) is 9.07. The molecule has 0 heterocycles. The first-order chi connectivity index (χ1) is 20.1. The van der Waals surface area contributed by atoms with Gasteiger partial charge in [-0.25, -0.2) is 0 Å². The van der Waals surface area contributed by atoms with Crippen LogP contribution < -0.4 is 10.4 Å². The van der Waals surface area contributed by atoms with Crippen LogP contribution in [0.4, 0.5) is 0 Å². The first-order valence-corrected chi connectivity index (χ1v) is 15.1. The van der Waals surface area contributed by atoms with E-state index in [0.29, 0.717) is 0 Å². The van der Waals surface area contributed by atoms with Gasteiger partial charge in [-0.3, -0.25) is 0 Å². The van der Waals surface area contributed by atoms with Crippen LogP contribution in [0.3, 0.4) is 0 Å². The quantitative estimate of drug-likeness (QED) is 0.210. The van der Waals surface area contributed by atoms with Crippen LogP contribution in [0.5, 0.6) is 0 Å². The van der Waals surface area contributed by atoms with Crippen LogP contribution in [-0.2, 0) is 5.41 Å². The van der Waals surface area contributed by atoms with Crippen molar-refractivity contribution in [2.45, 2.75) is 46.0 Å². The Morgan fingerprint density at radius 2 is 1.17 bits per heavy atom. The lowest BCUT2D eigenvalue weighted by molar-refractivity contribution is 0.645. The summed E-state index contributed by atoms with van der Waals surface area (Å²) >= 11 is 0. The van der Waals surface area contributed by atoms with Crippen molar-refractivity contribution in [3.05, 3.63) is 131 Å². The van der Waals surface area contributed by atoms with Crippen molar-refractivity contribution in [1.82, 2.24) is 0 Å². The van der Waals surface area contributed by atoms with Gasteiger partial charge in [-0.1, -0.05) is 131 Å². The minimum absolute atomic E-state index is 0.105. The molecular weight excluding hydrogens is 492 g/mol. The predicted molar refractivity (Wildman–Crippen MR) is 179 cm³/mol. The zero-order chi connectivity index (χ0) is 28.1. The molecule has 0 N–H and O–H groups in total. The molecule has 200 valence electrons. The highest BCUT2D eigenvalue weighted by Gasteiger charge is 2.34. The smallest absolute Gasteiger partial charge is 0.0159 e. The Morgan fingerprint density at radius 1 is 0.488 bits per heavy atom. The monoisotopic (exact) mass is 528 g/mol. The largest absolute Gasteiger partial charge is 0.0764 e. The molecule has 6 aromatic rings. The molecular formula is C41H36. The second kappa shape index (κ2) is 9.89. The van der Waals surface area contributed by atoms with Gasteiger partial charge in [0.1, 0.15) is 0 Å². The fourth-order valence-corrected chi connectivity index (χ4v) is 6.98. The predicted octanol–water partition coefficient (Wildman–Crippen LogP) is 10.0. The SMILES string of the molecule is CC.CC1(C)c2cc(-c3ccc4ccccc4c3)ccc2-c2ccc(-c3ccc4c(c3)=CCCC=4)c3cccc1c23. The van der Waals surface area contributed by atoms with Gasteiger partial charge in [0.25, 0.3) is 0 Å². The van der Waals surface area contributed by atoms with E-state index < -0.39 is 0 Å². The standard InChI is InChI=1S/C39H30.C2H6/c1-39(2)36-13-7-12-34-32(31-17-15-26-9-4-6-11-28(26)23-31)20-21-35(38(34)36)33-19-18-30(24-37(33)39)29-16-14-25-8-3-5-10-27(25)22-29;1-2/h3,5,7-24H,4,6H2,1-2H3;1-2H3. The van der Waals surface area contributed by atoms with Crippen LogP contribution in [0.15, 0.2) is 109 Å². The van der Waals surface area contributed by atoms with Crippen molar-refractivity contribution >= 4 is 33.7 Å². The average molecular weight is 529 g/mol. The molecule has 0 saturated carbocycles. The maximum Gasteiger partial charge on any atom is 0.0159 e. The summed E-state index contributed by atoms with van der Waals surface area (Å²) in [6.45, 7) is 8.79. The Labute approximate surface area is 243 Å². The molecule has 0 fully saturated rings. The highest BCUT2D eigenvalue weighted by molar-refractivity contribution is 6.09. The number of hydrogen-bond donors (Lipinski definition) is 0. The Balaban J connectivity index is 0.00000135. The van der Waals surface area contributed by atoms with E-state index in [4.69, 9.17) is 0 Å². The third kappa shape index (κ3) is 4.05. The Hall–Kier alpha value is -4.42. The van der Waals surface area contributed by atoms with E-state index in [-0.39, 0.29) is 5.41 Å². The van der Waals surface area contributed by atoms with E-state index in [1.165, 1.54) is 76.5 Å². The first-order valence-electron chi connectivity index (χ1n) is 15.1. The Kier molecular flexibility index (Phi) is 6.16. The number of rotatable bonds is 2. The van der Waals surface area contributed by atoms with Gasteiger partial charge >= 0.3 is 0 Å². The summed E-state index contributed by atoms with van der Waals surface area (Å²) in [5, 5.41) is 8.05. The number of hydrogen-bond acceptors (Lipinski definition) is 0. The number of benzene rings is 6. The van der Waals surface area contributed by atoms with Crippen molar-refractivity contribution < 1.29 is 0 Å². The van der Waals surface area contributed by atoms with Crippen LogP contribution in [-0.4, -0.2) is 0 Å². The summed E-state index contributed by atoms with van der Waals surface area (Å²) in [6, 6.07) is 41.1. The van der Waals surface area contributed by atoms with Gasteiger partial charge in [0.05, 0.1) is 0 Å². The molecule has 0 spiro atoms. The normalized spacial score (nSPS) is 14.2. The lowest BCUT2D eigenvalue weighted by atomic mass is 9.67. The minimum Gasteiger partial charge on any atom is -0.0764 e. The maximum atomic E-state index is 2.44. The van der Waals surface area contributed by atoms with E-state index in [1.807, 2.05) is 13.8 Å². The molecule has 6 aromatic carbocycles. The molecule has 0 amide bonds. The van der Waals surface area contributed by atoms with E-state index in [0.717, 1.165) is 12.8 Å². The topological polar surface area (TPSA) is 0 Å². The lowest BCUT2D eigenvalue weighted by Crippen LogP contribution is -2.26. The molecule has 0 aliphatic heterocycles. The summed E-state index contributed by atoms with van der Waals surface area (Å²) in [5.74, 6) is 0. The number of fused-ring (bicyclic) bond motifs is 4.